The van der Waals surface area contributed by atoms with E-state index in [1.807, 2.05) is 6.20 Å². The van der Waals surface area contributed by atoms with Crippen LogP contribution in [0.25, 0.3) is 0 Å². The van der Waals surface area contributed by atoms with Gasteiger partial charge in [0, 0.05) is 18.4 Å². The second kappa shape index (κ2) is 2.90. The highest BCUT2D eigenvalue weighted by Gasteiger charge is 2.18. The van der Waals surface area contributed by atoms with Crippen LogP contribution >= 0.6 is 0 Å². The van der Waals surface area contributed by atoms with Crippen LogP contribution < -0.4 is 5.73 Å². The molecule has 1 aliphatic rings. The molecule has 3 nitrogen and oxygen atoms in total. The number of rotatable bonds is 1. The van der Waals surface area contributed by atoms with E-state index in [0.717, 1.165) is 12.4 Å². The molecule has 1 aromatic heterocycles. The number of imidazole rings is 1. The van der Waals surface area contributed by atoms with E-state index in [-0.39, 0.29) is 0 Å². The topological polar surface area (TPSA) is 43.8 Å². The molecule has 12 heavy (non-hydrogen) atoms. The molecule has 1 atom stereocenters. The molecular weight excluding hydrogens is 150 g/mol. The van der Waals surface area contributed by atoms with Gasteiger partial charge in [0.1, 0.15) is 5.82 Å². The molecule has 2 heterocycles. The molecule has 0 spiro atoms. The first kappa shape index (κ1) is 7.80. The molecule has 0 aromatic carbocycles. The van der Waals surface area contributed by atoms with Gasteiger partial charge in [0.15, 0.2) is 0 Å². The molecule has 2 N–H and O–H groups in total. The predicted octanol–water partition coefficient (Wildman–Crippen LogP) is 1.24. The van der Waals surface area contributed by atoms with Gasteiger partial charge in [-0.2, -0.15) is 0 Å². The molecule has 0 saturated carbocycles. The van der Waals surface area contributed by atoms with Gasteiger partial charge in [0.25, 0.3) is 0 Å². The summed E-state index contributed by atoms with van der Waals surface area (Å²) in [6.45, 7) is 3.92. The zero-order valence-corrected chi connectivity index (χ0v) is 7.45. The van der Waals surface area contributed by atoms with Crippen LogP contribution in [0, 0.1) is 0 Å². The summed E-state index contributed by atoms with van der Waals surface area (Å²) in [6.07, 6.45) is 4.53. The molecule has 0 aliphatic carbocycles. The second-order valence-corrected chi connectivity index (χ2v) is 3.50. The Bertz CT molecular complexity index is 277. The van der Waals surface area contributed by atoms with Gasteiger partial charge < -0.3 is 10.3 Å². The smallest absolute Gasteiger partial charge is 0.122 e. The van der Waals surface area contributed by atoms with Crippen molar-refractivity contribution in [3.63, 3.8) is 0 Å². The lowest BCUT2D eigenvalue weighted by atomic mass is 9.99. The van der Waals surface area contributed by atoms with E-state index in [9.17, 15) is 0 Å². The molecule has 0 bridgehead atoms. The first-order chi connectivity index (χ1) is 5.83. The van der Waals surface area contributed by atoms with Gasteiger partial charge in [0.05, 0.1) is 6.54 Å². The SMILES string of the molecule is CC1CCCn2c1cnc2CN. The van der Waals surface area contributed by atoms with Crippen LogP contribution in [0.5, 0.6) is 0 Å². The van der Waals surface area contributed by atoms with E-state index in [1.54, 1.807) is 0 Å². The van der Waals surface area contributed by atoms with Crippen LogP contribution in [0.15, 0.2) is 6.20 Å². The van der Waals surface area contributed by atoms with Gasteiger partial charge in [-0.1, -0.05) is 6.92 Å². The average Bonchev–Trinajstić information content (AvgIpc) is 2.49. The quantitative estimate of drug-likeness (QED) is 0.680. The molecule has 1 aromatic rings. The van der Waals surface area contributed by atoms with Crippen molar-refractivity contribution in [1.29, 1.82) is 0 Å². The van der Waals surface area contributed by atoms with Crippen molar-refractivity contribution < 1.29 is 0 Å². The summed E-state index contributed by atoms with van der Waals surface area (Å²) >= 11 is 0. The second-order valence-electron chi connectivity index (χ2n) is 3.50. The number of nitrogens with zero attached hydrogens (tertiary/aromatic N) is 2. The lowest BCUT2D eigenvalue weighted by Gasteiger charge is -2.21. The third-order valence-corrected chi connectivity index (χ3v) is 2.68. The third-order valence-electron chi connectivity index (χ3n) is 2.68. The maximum atomic E-state index is 5.58. The van der Waals surface area contributed by atoms with Crippen LogP contribution in [0.2, 0.25) is 0 Å². The van der Waals surface area contributed by atoms with Crippen molar-refractivity contribution in [2.75, 3.05) is 0 Å². The van der Waals surface area contributed by atoms with Crippen LogP contribution in [0.3, 0.4) is 0 Å². The molecule has 1 aliphatic heterocycles. The fraction of sp³-hybridized carbons (Fsp3) is 0.667. The number of nitrogens with two attached hydrogens (primary N) is 1. The first-order valence-electron chi connectivity index (χ1n) is 4.57. The molecule has 3 heteroatoms. The van der Waals surface area contributed by atoms with E-state index in [2.05, 4.69) is 16.5 Å². The summed E-state index contributed by atoms with van der Waals surface area (Å²) < 4.78 is 2.27. The van der Waals surface area contributed by atoms with Crippen molar-refractivity contribution in [1.82, 2.24) is 9.55 Å². The predicted molar refractivity (Wildman–Crippen MR) is 47.8 cm³/mol. The lowest BCUT2D eigenvalue weighted by molar-refractivity contribution is 0.463. The summed E-state index contributed by atoms with van der Waals surface area (Å²) in [5, 5.41) is 0. The van der Waals surface area contributed by atoms with Crippen LogP contribution in [0.4, 0.5) is 0 Å². The minimum absolute atomic E-state index is 0.562. The van der Waals surface area contributed by atoms with Crippen LogP contribution in [0.1, 0.15) is 37.2 Å². The normalized spacial score (nSPS) is 22.3. The van der Waals surface area contributed by atoms with Gasteiger partial charge >= 0.3 is 0 Å². The lowest BCUT2D eigenvalue weighted by Crippen LogP contribution is -2.17. The Labute approximate surface area is 72.6 Å². The van der Waals surface area contributed by atoms with Gasteiger partial charge in [-0.15, -0.1) is 0 Å². The first-order valence-corrected chi connectivity index (χ1v) is 4.57. The van der Waals surface area contributed by atoms with Crippen molar-refractivity contribution in [2.45, 2.75) is 38.8 Å². The molecular formula is C9H15N3. The number of fused-ring (bicyclic) bond motifs is 1. The maximum absolute atomic E-state index is 5.58. The zero-order chi connectivity index (χ0) is 8.55. The number of hydrogen-bond acceptors (Lipinski definition) is 2. The van der Waals surface area contributed by atoms with Crippen LogP contribution in [-0.2, 0) is 13.1 Å². The van der Waals surface area contributed by atoms with E-state index in [0.29, 0.717) is 12.5 Å². The molecule has 1 unspecified atom stereocenters. The standard InChI is InChI=1S/C9H15N3/c1-7-3-2-4-12-8(7)6-11-9(12)5-10/h6-7H,2-5,10H2,1H3. The minimum Gasteiger partial charge on any atom is -0.331 e. The van der Waals surface area contributed by atoms with Crippen molar-refractivity contribution in [3.05, 3.63) is 17.7 Å². The summed E-state index contributed by atoms with van der Waals surface area (Å²) in [4.78, 5) is 4.30. The van der Waals surface area contributed by atoms with Crippen molar-refractivity contribution in [2.24, 2.45) is 5.73 Å². The Kier molecular flexibility index (Phi) is 1.89. The van der Waals surface area contributed by atoms with E-state index in [1.165, 1.54) is 18.5 Å². The van der Waals surface area contributed by atoms with Gasteiger partial charge in [-0.25, -0.2) is 4.98 Å². The Hall–Kier alpha value is -0.830. The maximum Gasteiger partial charge on any atom is 0.122 e. The number of aromatic nitrogens is 2. The summed E-state index contributed by atoms with van der Waals surface area (Å²) in [7, 11) is 0. The average molecular weight is 165 g/mol. The summed E-state index contributed by atoms with van der Waals surface area (Å²) in [5.74, 6) is 1.70. The fourth-order valence-electron chi connectivity index (χ4n) is 1.95. The Balaban J connectivity index is 2.41. The van der Waals surface area contributed by atoms with Gasteiger partial charge in [-0.05, 0) is 18.8 Å². The highest BCUT2D eigenvalue weighted by Crippen LogP contribution is 2.27. The molecule has 0 fully saturated rings. The molecule has 66 valence electrons. The zero-order valence-electron chi connectivity index (χ0n) is 7.45. The molecule has 0 saturated heterocycles. The highest BCUT2D eigenvalue weighted by molar-refractivity contribution is 5.12. The van der Waals surface area contributed by atoms with Crippen LogP contribution in [-0.4, -0.2) is 9.55 Å². The fourth-order valence-corrected chi connectivity index (χ4v) is 1.95. The summed E-state index contributed by atoms with van der Waals surface area (Å²) in [6, 6.07) is 0. The highest BCUT2D eigenvalue weighted by atomic mass is 15.1. The van der Waals surface area contributed by atoms with Gasteiger partial charge in [-0.3, -0.25) is 0 Å². The van der Waals surface area contributed by atoms with E-state index >= 15 is 0 Å². The Morgan fingerprint density at radius 1 is 1.75 bits per heavy atom. The number of hydrogen-bond donors (Lipinski definition) is 1. The summed E-state index contributed by atoms with van der Waals surface area (Å²) in [5.41, 5.74) is 6.94. The minimum atomic E-state index is 0.562. The Morgan fingerprint density at radius 2 is 2.58 bits per heavy atom. The van der Waals surface area contributed by atoms with Crippen molar-refractivity contribution in [3.8, 4) is 0 Å². The molecule has 2 rings (SSSR count). The third kappa shape index (κ3) is 1.05. The van der Waals surface area contributed by atoms with Gasteiger partial charge in [0.2, 0.25) is 0 Å². The largest absolute Gasteiger partial charge is 0.331 e. The Morgan fingerprint density at radius 3 is 3.33 bits per heavy atom. The molecule has 0 radical (unpaired) electrons. The molecule has 0 amide bonds. The van der Waals surface area contributed by atoms with E-state index < -0.39 is 0 Å². The monoisotopic (exact) mass is 165 g/mol. The van der Waals surface area contributed by atoms with E-state index in [4.69, 9.17) is 5.73 Å². The van der Waals surface area contributed by atoms with Crippen molar-refractivity contribution >= 4 is 0 Å².